The topological polar surface area (TPSA) is 99.6 Å². The number of allylic oxidation sites excluding steroid dienone is 9. The van der Waals surface area contributed by atoms with Crippen LogP contribution in [0, 0.1) is 5.41 Å². The van der Waals surface area contributed by atoms with Gasteiger partial charge in [0.25, 0.3) is 11.5 Å². The molecule has 1 aliphatic carbocycles. The van der Waals surface area contributed by atoms with Gasteiger partial charge in [0.1, 0.15) is 6.33 Å². The minimum Gasteiger partial charge on any atom is -0.330 e. The van der Waals surface area contributed by atoms with Crippen molar-refractivity contribution < 1.29 is 4.79 Å². The van der Waals surface area contributed by atoms with Gasteiger partial charge in [0.05, 0.1) is 18.7 Å². The van der Waals surface area contributed by atoms with Gasteiger partial charge in [-0.1, -0.05) is 49.8 Å². The van der Waals surface area contributed by atoms with E-state index in [4.69, 9.17) is 0 Å². The minimum absolute atomic E-state index is 0.115. The lowest BCUT2D eigenvalue weighted by Gasteiger charge is -2.37. The molecule has 4 rings (SSSR count). The van der Waals surface area contributed by atoms with Crippen LogP contribution in [0.25, 0.3) is 11.2 Å². The summed E-state index contributed by atoms with van der Waals surface area (Å²) in [7, 11) is 1.60. The molecule has 0 saturated heterocycles. The van der Waals surface area contributed by atoms with Gasteiger partial charge in [-0.05, 0) is 55.7 Å². The Morgan fingerprint density at radius 2 is 1.92 bits per heavy atom. The van der Waals surface area contributed by atoms with E-state index in [1.165, 1.54) is 39.1 Å². The molecule has 0 radical (unpaired) electrons. The second kappa shape index (κ2) is 11.0. The van der Waals surface area contributed by atoms with E-state index in [0.29, 0.717) is 11.7 Å². The largest absolute Gasteiger partial charge is 0.330 e. The zero-order valence-corrected chi connectivity index (χ0v) is 22.8. The number of aromatic nitrogens is 6. The summed E-state index contributed by atoms with van der Waals surface area (Å²) >= 11 is 0. The fraction of sp³-hybridized carbons (Fsp3) is 0.345. The molecule has 38 heavy (non-hydrogen) atoms. The Balaban J connectivity index is 1.42. The fourth-order valence-corrected chi connectivity index (χ4v) is 4.83. The van der Waals surface area contributed by atoms with E-state index in [2.05, 4.69) is 64.8 Å². The molecule has 1 aliphatic rings. The summed E-state index contributed by atoms with van der Waals surface area (Å²) in [6, 6.07) is 0.342. The van der Waals surface area contributed by atoms with Crippen LogP contribution in [0.1, 0.15) is 53.5 Å². The van der Waals surface area contributed by atoms with Gasteiger partial charge in [0.15, 0.2) is 11.2 Å². The van der Waals surface area contributed by atoms with Crippen molar-refractivity contribution in [3.63, 3.8) is 0 Å². The number of carbonyl (C=O) groups is 1. The fourth-order valence-electron chi connectivity index (χ4n) is 4.83. The van der Waals surface area contributed by atoms with E-state index in [1.807, 2.05) is 43.9 Å². The van der Waals surface area contributed by atoms with Gasteiger partial charge in [-0.25, -0.2) is 19.6 Å². The van der Waals surface area contributed by atoms with Gasteiger partial charge < -0.3 is 9.13 Å². The van der Waals surface area contributed by atoms with Crippen molar-refractivity contribution in [2.75, 3.05) is 5.43 Å². The summed E-state index contributed by atoms with van der Waals surface area (Å²) in [6.07, 6.45) is 22.5. The predicted molar refractivity (Wildman–Crippen MR) is 150 cm³/mol. The summed E-state index contributed by atoms with van der Waals surface area (Å²) in [4.78, 5) is 37.1. The number of nitrogens with one attached hydrogen (secondary N) is 1. The van der Waals surface area contributed by atoms with Crippen molar-refractivity contribution in [2.24, 2.45) is 12.5 Å². The van der Waals surface area contributed by atoms with Gasteiger partial charge in [0, 0.05) is 25.5 Å². The first kappa shape index (κ1) is 26.8. The molecule has 0 aromatic carbocycles. The number of hydrogen-bond donors (Lipinski definition) is 1. The monoisotopic (exact) mass is 513 g/mol. The van der Waals surface area contributed by atoms with Crippen molar-refractivity contribution in [1.82, 2.24) is 28.8 Å². The van der Waals surface area contributed by atoms with Crippen LogP contribution in [-0.4, -0.2) is 34.7 Å². The Morgan fingerprint density at radius 3 is 2.66 bits per heavy atom. The molecule has 0 fully saturated rings. The summed E-state index contributed by atoms with van der Waals surface area (Å²) in [6.45, 7) is 10.8. The van der Waals surface area contributed by atoms with Gasteiger partial charge in [-0.3, -0.25) is 15.0 Å². The lowest BCUT2D eigenvalue weighted by Crippen LogP contribution is -2.25. The number of carbonyl (C=O) groups excluding carboxylic acids is 1. The third-order valence-electron chi connectivity index (χ3n) is 7.02. The normalized spacial score (nSPS) is 18.7. The van der Waals surface area contributed by atoms with Crippen molar-refractivity contribution in [3.8, 4) is 0 Å². The predicted octanol–water partition coefficient (Wildman–Crippen LogP) is 4.78. The number of nitrogens with zero attached hydrogens (tertiary/aromatic N) is 6. The highest BCUT2D eigenvalue weighted by Gasteiger charge is 2.32. The summed E-state index contributed by atoms with van der Waals surface area (Å²) in [5.41, 5.74) is 7.65. The SMILES string of the molecule is CC(C=CC1=C(C)C(n2ccnc2)CCC1(C)C)=CC=CC(C)=CC(=O)Nn1cnc2c(=O)n(C)cnc21. The molecule has 1 unspecified atom stereocenters. The van der Waals surface area contributed by atoms with E-state index in [1.54, 1.807) is 7.05 Å². The van der Waals surface area contributed by atoms with Crippen LogP contribution >= 0.6 is 0 Å². The second-order valence-corrected chi connectivity index (χ2v) is 10.5. The Bertz CT molecular complexity index is 1540. The molecule has 3 aromatic rings. The maximum absolute atomic E-state index is 12.5. The van der Waals surface area contributed by atoms with Crippen molar-refractivity contribution >= 4 is 17.1 Å². The highest BCUT2D eigenvalue weighted by Crippen LogP contribution is 2.45. The molecule has 0 aliphatic heterocycles. The molecule has 1 N–H and O–H groups in total. The summed E-state index contributed by atoms with van der Waals surface area (Å²) in [5.74, 6) is -0.344. The van der Waals surface area contributed by atoms with E-state index in [-0.39, 0.29) is 22.4 Å². The molecule has 0 bridgehead atoms. The van der Waals surface area contributed by atoms with Crippen molar-refractivity contribution in [2.45, 2.75) is 53.5 Å². The van der Waals surface area contributed by atoms with Crippen LogP contribution < -0.4 is 11.0 Å². The third-order valence-corrected chi connectivity index (χ3v) is 7.02. The van der Waals surface area contributed by atoms with Gasteiger partial charge in [0.2, 0.25) is 0 Å². The molecule has 9 nitrogen and oxygen atoms in total. The van der Waals surface area contributed by atoms with Gasteiger partial charge in [-0.2, -0.15) is 0 Å². The molecule has 1 atom stereocenters. The zero-order chi connectivity index (χ0) is 27.4. The third kappa shape index (κ3) is 5.82. The van der Waals surface area contributed by atoms with Crippen LogP contribution in [0.15, 0.2) is 94.9 Å². The number of fused-ring (bicyclic) bond motifs is 1. The van der Waals surface area contributed by atoms with Crippen molar-refractivity contribution in [3.05, 3.63) is 100 Å². The van der Waals surface area contributed by atoms with Crippen LogP contribution in [0.5, 0.6) is 0 Å². The molecule has 0 saturated carbocycles. The number of rotatable bonds is 7. The lowest BCUT2D eigenvalue weighted by molar-refractivity contribution is -0.112. The Labute approximate surface area is 222 Å². The Hall–Kier alpha value is -4.27. The highest BCUT2D eigenvalue weighted by molar-refractivity contribution is 5.95. The van der Waals surface area contributed by atoms with E-state index in [0.717, 1.165) is 24.0 Å². The van der Waals surface area contributed by atoms with Crippen LogP contribution in [0.4, 0.5) is 0 Å². The number of aryl methyl sites for hydroxylation is 1. The first-order valence-corrected chi connectivity index (χ1v) is 12.7. The summed E-state index contributed by atoms with van der Waals surface area (Å²) < 4.78 is 4.89. The smallest absolute Gasteiger partial charge is 0.281 e. The second-order valence-electron chi connectivity index (χ2n) is 10.5. The lowest BCUT2D eigenvalue weighted by atomic mass is 9.71. The molecule has 1 amide bonds. The number of imidazole rings is 2. The first-order valence-electron chi connectivity index (χ1n) is 12.7. The Kier molecular flexibility index (Phi) is 7.75. The average Bonchev–Trinajstić information content (AvgIpc) is 3.52. The molecular formula is C29H35N7O2. The first-order chi connectivity index (χ1) is 18.1. The number of hydrogen-bond acceptors (Lipinski definition) is 5. The molecular weight excluding hydrogens is 478 g/mol. The minimum atomic E-state index is -0.344. The molecule has 198 valence electrons. The number of amides is 1. The standard InChI is InChI=1S/C29H35N7O2/c1-20(10-11-23-22(3)24(12-13-29(23,4)5)35-15-14-30-17-35)8-7-9-21(2)16-25(37)33-36-19-31-26-27(36)32-18-34(6)28(26)38/h7-11,14-19,24H,12-13H2,1-6H3,(H,33,37). The van der Waals surface area contributed by atoms with Crippen molar-refractivity contribution in [1.29, 1.82) is 0 Å². The quantitative estimate of drug-likeness (QED) is 0.362. The molecule has 3 heterocycles. The van der Waals surface area contributed by atoms with E-state index >= 15 is 0 Å². The summed E-state index contributed by atoms with van der Waals surface area (Å²) in [5, 5.41) is 0. The molecule has 9 heteroatoms. The average molecular weight is 514 g/mol. The highest BCUT2D eigenvalue weighted by atomic mass is 16.2. The molecule has 3 aromatic heterocycles. The van der Waals surface area contributed by atoms with Crippen LogP contribution in [0.3, 0.4) is 0 Å². The maximum Gasteiger partial charge on any atom is 0.281 e. The zero-order valence-electron chi connectivity index (χ0n) is 22.8. The molecule has 0 spiro atoms. The van der Waals surface area contributed by atoms with Gasteiger partial charge in [-0.15, -0.1) is 0 Å². The van der Waals surface area contributed by atoms with Gasteiger partial charge >= 0.3 is 0 Å². The maximum atomic E-state index is 12.5. The Morgan fingerprint density at radius 1 is 1.13 bits per heavy atom. The van der Waals surface area contributed by atoms with Crippen LogP contribution in [0.2, 0.25) is 0 Å². The van der Waals surface area contributed by atoms with E-state index < -0.39 is 0 Å². The van der Waals surface area contributed by atoms with Crippen LogP contribution in [-0.2, 0) is 11.8 Å². The van der Waals surface area contributed by atoms with E-state index in [9.17, 15) is 9.59 Å².